The van der Waals surface area contributed by atoms with E-state index in [9.17, 15) is 0 Å². The van der Waals surface area contributed by atoms with Crippen molar-refractivity contribution in [2.24, 2.45) is 5.73 Å². The van der Waals surface area contributed by atoms with E-state index in [4.69, 9.17) is 28.9 Å². The molecular formula is C9H7Cl2N3S. The van der Waals surface area contributed by atoms with Gasteiger partial charge in [0.15, 0.2) is 0 Å². The van der Waals surface area contributed by atoms with Crippen molar-refractivity contribution in [3.8, 4) is 0 Å². The molecule has 0 saturated carbocycles. The zero-order valence-electron chi connectivity index (χ0n) is 7.52. The van der Waals surface area contributed by atoms with Crippen molar-refractivity contribution < 1.29 is 0 Å². The zero-order valence-corrected chi connectivity index (χ0v) is 9.85. The molecule has 0 amide bonds. The Labute approximate surface area is 101 Å². The normalized spacial score (nSPS) is 12.7. The average Bonchev–Trinajstić information content (AvgIpc) is 2.74. The topological polar surface area (TPSA) is 51.8 Å². The quantitative estimate of drug-likeness (QED) is 0.903. The van der Waals surface area contributed by atoms with Crippen molar-refractivity contribution in [1.82, 2.24) is 9.59 Å². The van der Waals surface area contributed by atoms with Gasteiger partial charge in [-0.05, 0) is 23.2 Å². The Hall–Kier alpha value is -0.680. The maximum Gasteiger partial charge on any atom is 0.0968 e. The third-order valence-electron chi connectivity index (χ3n) is 2.01. The van der Waals surface area contributed by atoms with Crippen LogP contribution in [0.1, 0.15) is 17.3 Å². The second kappa shape index (κ2) is 4.45. The van der Waals surface area contributed by atoms with E-state index in [2.05, 4.69) is 9.59 Å². The number of halogens is 2. The van der Waals surface area contributed by atoms with Crippen LogP contribution < -0.4 is 5.73 Å². The summed E-state index contributed by atoms with van der Waals surface area (Å²) < 4.78 is 3.76. The minimum Gasteiger partial charge on any atom is -0.319 e. The molecule has 0 aliphatic rings. The molecule has 0 bridgehead atoms. The van der Waals surface area contributed by atoms with E-state index in [1.165, 1.54) is 11.5 Å². The van der Waals surface area contributed by atoms with Crippen LogP contribution in [-0.2, 0) is 0 Å². The van der Waals surface area contributed by atoms with Gasteiger partial charge in [0.1, 0.15) is 0 Å². The van der Waals surface area contributed by atoms with Gasteiger partial charge in [-0.15, -0.1) is 5.10 Å². The zero-order chi connectivity index (χ0) is 10.8. The molecule has 1 aromatic carbocycles. The number of nitrogens with zero attached hydrogens (tertiary/aromatic N) is 2. The maximum atomic E-state index is 6.05. The van der Waals surface area contributed by atoms with Gasteiger partial charge in [0.2, 0.25) is 0 Å². The Balaban J connectivity index is 2.42. The summed E-state index contributed by atoms with van der Waals surface area (Å²) in [5.41, 5.74) is 7.45. The van der Waals surface area contributed by atoms with E-state index in [0.29, 0.717) is 15.7 Å². The van der Waals surface area contributed by atoms with E-state index >= 15 is 0 Å². The molecule has 1 unspecified atom stereocenters. The van der Waals surface area contributed by atoms with Gasteiger partial charge in [-0.25, -0.2) is 0 Å². The van der Waals surface area contributed by atoms with E-state index in [0.717, 1.165) is 5.56 Å². The summed E-state index contributed by atoms with van der Waals surface area (Å²) >= 11 is 13.2. The summed E-state index contributed by atoms with van der Waals surface area (Å²) in [6.07, 6.45) is 0. The number of hydrogen-bond donors (Lipinski definition) is 1. The number of benzene rings is 1. The van der Waals surface area contributed by atoms with Crippen LogP contribution in [0.25, 0.3) is 0 Å². The number of nitrogens with two attached hydrogens (primary N) is 1. The number of aromatic nitrogens is 2. The molecule has 0 aliphatic carbocycles. The van der Waals surface area contributed by atoms with E-state index in [1.54, 1.807) is 11.4 Å². The molecule has 15 heavy (non-hydrogen) atoms. The van der Waals surface area contributed by atoms with E-state index < -0.39 is 0 Å². The molecule has 0 saturated heterocycles. The monoisotopic (exact) mass is 259 g/mol. The van der Waals surface area contributed by atoms with Gasteiger partial charge in [-0.3, -0.25) is 0 Å². The van der Waals surface area contributed by atoms with Gasteiger partial charge in [0, 0.05) is 5.38 Å². The first kappa shape index (κ1) is 10.8. The van der Waals surface area contributed by atoms with Crippen LogP contribution in [-0.4, -0.2) is 9.59 Å². The summed E-state index contributed by atoms with van der Waals surface area (Å²) in [5, 5.41) is 6.66. The Kier molecular flexibility index (Phi) is 3.21. The summed E-state index contributed by atoms with van der Waals surface area (Å²) in [5.74, 6) is 0. The van der Waals surface area contributed by atoms with E-state index in [-0.39, 0.29) is 6.04 Å². The minimum atomic E-state index is -0.380. The van der Waals surface area contributed by atoms with Crippen LogP contribution in [0.3, 0.4) is 0 Å². The molecule has 0 spiro atoms. The lowest BCUT2D eigenvalue weighted by molar-refractivity contribution is 0.818. The molecule has 0 fully saturated rings. The first-order valence-electron chi connectivity index (χ1n) is 4.16. The molecule has 1 atom stereocenters. The van der Waals surface area contributed by atoms with Crippen LogP contribution >= 0.6 is 34.7 Å². The van der Waals surface area contributed by atoms with Gasteiger partial charge in [0.05, 0.1) is 21.8 Å². The van der Waals surface area contributed by atoms with Gasteiger partial charge < -0.3 is 5.73 Å². The molecule has 1 aromatic heterocycles. The molecule has 3 nitrogen and oxygen atoms in total. The first-order valence-corrected chi connectivity index (χ1v) is 5.76. The third-order valence-corrected chi connectivity index (χ3v) is 3.37. The number of hydrogen-bond acceptors (Lipinski definition) is 4. The lowest BCUT2D eigenvalue weighted by Gasteiger charge is -2.11. The van der Waals surface area contributed by atoms with Gasteiger partial charge in [0.25, 0.3) is 0 Å². The molecule has 2 rings (SSSR count). The van der Waals surface area contributed by atoms with Crippen molar-refractivity contribution in [3.05, 3.63) is 44.9 Å². The summed E-state index contributed by atoms with van der Waals surface area (Å²) in [6.45, 7) is 0. The van der Waals surface area contributed by atoms with Crippen LogP contribution in [0.2, 0.25) is 10.0 Å². The molecule has 1 heterocycles. The SMILES string of the molecule is NC(c1csnn1)c1cccc(Cl)c1Cl. The molecule has 2 aromatic rings. The van der Waals surface area contributed by atoms with E-state index in [1.807, 2.05) is 12.1 Å². The summed E-state index contributed by atoms with van der Waals surface area (Å²) in [6, 6.07) is 4.98. The second-order valence-corrected chi connectivity index (χ2v) is 4.35. The van der Waals surface area contributed by atoms with Crippen LogP contribution in [0.15, 0.2) is 23.6 Å². The maximum absolute atomic E-state index is 6.05. The molecular weight excluding hydrogens is 253 g/mol. The fourth-order valence-electron chi connectivity index (χ4n) is 1.23. The lowest BCUT2D eigenvalue weighted by atomic mass is 10.1. The largest absolute Gasteiger partial charge is 0.319 e. The highest BCUT2D eigenvalue weighted by Crippen LogP contribution is 2.31. The Bertz CT molecular complexity index is 458. The Morgan fingerprint density at radius 1 is 1.33 bits per heavy atom. The Morgan fingerprint density at radius 3 is 2.80 bits per heavy atom. The summed E-state index contributed by atoms with van der Waals surface area (Å²) in [7, 11) is 0. The fourth-order valence-corrected chi connectivity index (χ4v) is 2.14. The van der Waals surface area contributed by atoms with Crippen LogP contribution in [0, 0.1) is 0 Å². The third kappa shape index (κ3) is 2.13. The Morgan fingerprint density at radius 2 is 2.13 bits per heavy atom. The second-order valence-electron chi connectivity index (χ2n) is 2.95. The highest BCUT2D eigenvalue weighted by atomic mass is 35.5. The van der Waals surface area contributed by atoms with Gasteiger partial charge in [-0.1, -0.05) is 39.8 Å². The lowest BCUT2D eigenvalue weighted by Crippen LogP contribution is -2.12. The molecule has 78 valence electrons. The predicted octanol–water partition coefficient (Wildman–Crippen LogP) is 2.89. The molecule has 0 aliphatic heterocycles. The first-order chi connectivity index (χ1) is 7.20. The molecule has 2 N–H and O–H groups in total. The predicted molar refractivity (Wildman–Crippen MR) is 62.4 cm³/mol. The average molecular weight is 260 g/mol. The van der Waals surface area contributed by atoms with Crippen molar-refractivity contribution in [1.29, 1.82) is 0 Å². The van der Waals surface area contributed by atoms with Crippen LogP contribution in [0.5, 0.6) is 0 Å². The highest BCUT2D eigenvalue weighted by Gasteiger charge is 2.16. The van der Waals surface area contributed by atoms with Crippen molar-refractivity contribution in [2.75, 3.05) is 0 Å². The molecule has 0 radical (unpaired) electrons. The van der Waals surface area contributed by atoms with Gasteiger partial charge in [-0.2, -0.15) is 0 Å². The van der Waals surface area contributed by atoms with Gasteiger partial charge >= 0.3 is 0 Å². The summed E-state index contributed by atoms with van der Waals surface area (Å²) in [4.78, 5) is 0. The van der Waals surface area contributed by atoms with Crippen molar-refractivity contribution >= 4 is 34.7 Å². The standard InChI is InChI=1S/C9H7Cl2N3S/c10-6-3-1-2-5(8(6)11)9(12)7-4-15-14-13-7/h1-4,9H,12H2. The fraction of sp³-hybridized carbons (Fsp3) is 0.111. The smallest absolute Gasteiger partial charge is 0.0968 e. The van der Waals surface area contributed by atoms with Crippen molar-refractivity contribution in [3.63, 3.8) is 0 Å². The van der Waals surface area contributed by atoms with Crippen LogP contribution in [0.4, 0.5) is 0 Å². The molecule has 6 heteroatoms. The minimum absolute atomic E-state index is 0.380. The highest BCUT2D eigenvalue weighted by molar-refractivity contribution is 7.03. The van der Waals surface area contributed by atoms with Crippen molar-refractivity contribution in [2.45, 2.75) is 6.04 Å². The number of rotatable bonds is 2.